The van der Waals surface area contributed by atoms with Crippen molar-refractivity contribution >= 4 is 5.91 Å². The van der Waals surface area contributed by atoms with Crippen molar-refractivity contribution in [3.05, 3.63) is 29.8 Å². The second-order valence-corrected chi connectivity index (χ2v) is 6.17. The average Bonchev–Trinajstić information content (AvgIpc) is 2.93. The van der Waals surface area contributed by atoms with Gasteiger partial charge in [0.25, 0.3) is 5.91 Å². The van der Waals surface area contributed by atoms with Gasteiger partial charge in [-0.25, -0.2) is 0 Å². The van der Waals surface area contributed by atoms with E-state index in [1.807, 2.05) is 0 Å². The Bertz CT molecular complexity index is 574. The molecule has 134 valence electrons. The molecule has 0 aliphatic carbocycles. The number of alkyl halides is 3. The molecule has 1 aliphatic heterocycles. The molecule has 1 amide bonds. The molecule has 4 nitrogen and oxygen atoms in total. The molecule has 0 saturated carbocycles. The summed E-state index contributed by atoms with van der Waals surface area (Å²) in [5.74, 6) is -0.702. The van der Waals surface area contributed by atoms with Gasteiger partial charge in [0.15, 0.2) is 6.10 Å². The second-order valence-electron chi connectivity index (χ2n) is 6.17. The number of nitrogens with zero attached hydrogens (tertiary/aromatic N) is 1. The molecule has 1 aromatic carbocycles. The Morgan fingerprint density at radius 1 is 1.38 bits per heavy atom. The van der Waals surface area contributed by atoms with E-state index in [4.69, 9.17) is 4.74 Å². The number of hydrogen-bond acceptors (Lipinski definition) is 3. The Kier molecular flexibility index (Phi) is 5.74. The third-order valence-electron chi connectivity index (χ3n) is 4.12. The van der Waals surface area contributed by atoms with E-state index >= 15 is 0 Å². The SMILES string of the molecule is CC(O)CC1CCCN1C(=O)C(C)Oc1ccccc1C(F)(F)F. The molecule has 3 atom stereocenters. The quantitative estimate of drug-likeness (QED) is 0.891. The molecular formula is C17H22F3NO3. The molecule has 24 heavy (non-hydrogen) atoms. The third kappa shape index (κ3) is 4.41. The maximum Gasteiger partial charge on any atom is 0.419 e. The zero-order valence-corrected chi connectivity index (χ0v) is 13.7. The molecule has 0 bridgehead atoms. The Morgan fingerprint density at radius 3 is 2.67 bits per heavy atom. The largest absolute Gasteiger partial charge is 0.480 e. The molecule has 1 saturated heterocycles. The lowest BCUT2D eigenvalue weighted by molar-refractivity contribution is -0.144. The first-order valence-corrected chi connectivity index (χ1v) is 8.01. The van der Waals surface area contributed by atoms with Crippen molar-refractivity contribution in [2.24, 2.45) is 0 Å². The van der Waals surface area contributed by atoms with Gasteiger partial charge in [0.1, 0.15) is 5.75 Å². The molecule has 1 N–H and O–H groups in total. The molecule has 7 heteroatoms. The summed E-state index contributed by atoms with van der Waals surface area (Å²) in [6.07, 6.45) is -4.05. The van der Waals surface area contributed by atoms with E-state index in [1.54, 1.807) is 11.8 Å². The lowest BCUT2D eigenvalue weighted by Crippen LogP contribution is -2.44. The minimum Gasteiger partial charge on any atom is -0.480 e. The van der Waals surface area contributed by atoms with Crippen LogP contribution in [-0.4, -0.2) is 40.7 Å². The highest BCUT2D eigenvalue weighted by Gasteiger charge is 2.36. The van der Waals surface area contributed by atoms with Crippen LogP contribution in [0.2, 0.25) is 0 Å². The van der Waals surface area contributed by atoms with Crippen LogP contribution < -0.4 is 4.74 Å². The molecular weight excluding hydrogens is 323 g/mol. The first-order chi connectivity index (χ1) is 11.2. The third-order valence-corrected chi connectivity index (χ3v) is 4.12. The number of benzene rings is 1. The topological polar surface area (TPSA) is 49.8 Å². The van der Waals surface area contributed by atoms with Crippen LogP contribution in [0.4, 0.5) is 13.2 Å². The van der Waals surface area contributed by atoms with Gasteiger partial charge in [0.05, 0.1) is 11.7 Å². The van der Waals surface area contributed by atoms with Gasteiger partial charge in [-0.15, -0.1) is 0 Å². The Balaban J connectivity index is 2.10. The van der Waals surface area contributed by atoms with Crippen molar-refractivity contribution in [2.75, 3.05) is 6.54 Å². The van der Waals surface area contributed by atoms with Gasteiger partial charge in [-0.1, -0.05) is 12.1 Å². The van der Waals surface area contributed by atoms with E-state index in [2.05, 4.69) is 0 Å². The van der Waals surface area contributed by atoms with Crippen molar-refractivity contribution in [1.82, 2.24) is 4.90 Å². The van der Waals surface area contributed by atoms with Gasteiger partial charge in [-0.05, 0) is 45.2 Å². The summed E-state index contributed by atoms with van der Waals surface area (Å²) in [5, 5.41) is 9.52. The predicted octanol–water partition coefficient (Wildman–Crippen LogP) is 3.23. The van der Waals surface area contributed by atoms with Crippen LogP contribution in [0.5, 0.6) is 5.75 Å². The number of ether oxygens (including phenoxy) is 1. The summed E-state index contributed by atoms with van der Waals surface area (Å²) in [4.78, 5) is 14.1. The number of carbonyl (C=O) groups is 1. The molecule has 0 spiro atoms. The zero-order chi connectivity index (χ0) is 17.9. The summed E-state index contributed by atoms with van der Waals surface area (Å²) in [6, 6.07) is 4.76. The molecule has 0 aromatic heterocycles. The monoisotopic (exact) mass is 345 g/mol. The fourth-order valence-corrected chi connectivity index (χ4v) is 3.04. The number of aliphatic hydroxyl groups is 1. The van der Waals surface area contributed by atoms with Crippen LogP contribution in [0.1, 0.15) is 38.7 Å². The van der Waals surface area contributed by atoms with Crippen molar-refractivity contribution in [2.45, 2.75) is 57.5 Å². The lowest BCUT2D eigenvalue weighted by atomic mass is 10.1. The van der Waals surface area contributed by atoms with Crippen LogP contribution in [-0.2, 0) is 11.0 Å². The maximum atomic E-state index is 13.0. The fourth-order valence-electron chi connectivity index (χ4n) is 3.04. The molecule has 1 aliphatic rings. The van der Waals surface area contributed by atoms with Crippen molar-refractivity contribution in [3.63, 3.8) is 0 Å². The number of hydrogen-bond donors (Lipinski definition) is 1. The number of halogens is 3. The van der Waals surface area contributed by atoms with Crippen molar-refractivity contribution in [3.8, 4) is 5.75 Å². The molecule has 0 radical (unpaired) electrons. The van der Waals surface area contributed by atoms with Crippen LogP contribution in [0.15, 0.2) is 24.3 Å². The van der Waals surface area contributed by atoms with E-state index < -0.39 is 23.9 Å². The highest BCUT2D eigenvalue weighted by atomic mass is 19.4. The zero-order valence-electron chi connectivity index (χ0n) is 13.7. The van der Waals surface area contributed by atoms with Crippen LogP contribution in [0.3, 0.4) is 0 Å². The highest BCUT2D eigenvalue weighted by Crippen LogP contribution is 2.36. The first kappa shape index (κ1) is 18.6. The fraction of sp³-hybridized carbons (Fsp3) is 0.588. The van der Waals surface area contributed by atoms with Crippen LogP contribution >= 0.6 is 0 Å². The average molecular weight is 345 g/mol. The summed E-state index contributed by atoms with van der Waals surface area (Å²) < 4.78 is 44.3. The van der Waals surface area contributed by atoms with E-state index in [1.165, 1.54) is 25.1 Å². The Morgan fingerprint density at radius 2 is 2.04 bits per heavy atom. The Hall–Kier alpha value is -1.76. The van der Waals surface area contributed by atoms with E-state index in [0.29, 0.717) is 13.0 Å². The first-order valence-electron chi connectivity index (χ1n) is 8.01. The van der Waals surface area contributed by atoms with Gasteiger partial charge < -0.3 is 14.7 Å². The lowest BCUT2D eigenvalue weighted by Gasteiger charge is -2.29. The van der Waals surface area contributed by atoms with Crippen LogP contribution in [0, 0.1) is 0 Å². The number of para-hydroxylation sites is 1. The van der Waals surface area contributed by atoms with Gasteiger partial charge in [0, 0.05) is 12.6 Å². The molecule has 1 fully saturated rings. The summed E-state index contributed by atoms with van der Waals surface area (Å²) in [7, 11) is 0. The van der Waals surface area contributed by atoms with Gasteiger partial charge in [0.2, 0.25) is 0 Å². The van der Waals surface area contributed by atoms with Gasteiger partial charge in [-0.2, -0.15) is 13.2 Å². The highest BCUT2D eigenvalue weighted by molar-refractivity contribution is 5.81. The van der Waals surface area contributed by atoms with E-state index in [-0.39, 0.29) is 17.7 Å². The minimum atomic E-state index is -4.54. The summed E-state index contributed by atoms with van der Waals surface area (Å²) in [6.45, 7) is 3.64. The smallest absolute Gasteiger partial charge is 0.419 e. The van der Waals surface area contributed by atoms with Crippen molar-refractivity contribution < 1.29 is 27.8 Å². The number of likely N-dealkylation sites (tertiary alicyclic amines) is 1. The molecule has 1 aromatic rings. The minimum absolute atomic E-state index is 0.0959. The second kappa shape index (κ2) is 7.42. The van der Waals surface area contributed by atoms with E-state index in [9.17, 15) is 23.1 Å². The van der Waals surface area contributed by atoms with E-state index in [0.717, 1.165) is 18.9 Å². The van der Waals surface area contributed by atoms with Gasteiger partial charge >= 0.3 is 6.18 Å². The number of amides is 1. The standard InChI is InChI=1S/C17H22F3NO3/c1-11(22)10-13-6-5-9-21(13)16(23)12(2)24-15-8-4-3-7-14(15)17(18,19)20/h3-4,7-8,11-13,22H,5-6,9-10H2,1-2H3. The number of aliphatic hydroxyl groups excluding tert-OH is 1. The predicted molar refractivity (Wildman–Crippen MR) is 82.6 cm³/mol. The summed E-state index contributed by atoms with van der Waals surface area (Å²) in [5.41, 5.74) is -0.897. The van der Waals surface area contributed by atoms with Crippen molar-refractivity contribution in [1.29, 1.82) is 0 Å². The Labute approximate surface area is 139 Å². The van der Waals surface area contributed by atoms with Gasteiger partial charge in [-0.3, -0.25) is 4.79 Å². The molecule has 1 heterocycles. The number of carbonyl (C=O) groups excluding carboxylic acids is 1. The molecule has 3 unspecified atom stereocenters. The number of rotatable bonds is 5. The summed E-state index contributed by atoms with van der Waals surface area (Å²) >= 11 is 0. The normalized spacial score (nSPS) is 20.8. The van der Waals surface area contributed by atoms with Crippen LogP contribution in [0.25, 0.3) is 0 Å². The maximum absolute atomic E-state index is 13.0. The molecule has 2 rings (SSSR count).